The summed E-state index contributed by atoms with van der Waals surface area (Å²) in [5, 5.41) is 0. The number of carbonyl (C=O) groups excluding carboxylic acids is 1. The molecule has 2 aromatic carbocycles. The molecule has 0 amide bonds. The Labute approximate surface area is 189 Å². The van der Waals surface area contributed by atoms with E-state index in [0.717, 1.165) is 42.9 Å². The van der Waals surface area contributed by atoms with Gasteiger partial charge in [-0.15, -0.1) is 0 Å². The van der Waals surface area contributed by atoms with Crippen LogP contribution in [0.15, 0.2) is 48.5 Å². The van der Waals surface area contributed by atoms with Crippen molar-refractivity contribution in [2.45, 2.75) is 48.8 Å². The second-order valence-electron chi connectivity index (χ2n) is 9.53. The Morgan fingerprint density at radius 1 is 1.19 bits per heavy atom. The molecule has 2 aliphatic carbocycles. The van der Waals surface area contributed by atoms with E-state index in [0.29, 0.717) is 13.0 Å². The number of likely N-dealkylation sites (N-methyl/N-ethyl adjacent to an activating group) is 1. The molecular weight excluding hydrogens is 402 g/mol. The highest BCUT2D eigenvalue weighted by molar-refractivity contribution is 5.90. The number of ether oxygens (including phenoxy) is 3. The van der Waals surface area contributed by atoms with Crippen LogP contribution >= 0.6 is 0 Å². The Morgan fingerprint density at radius 3 is 2.84 bits per heavy atom. The van der Waals surface area contributed by atoms with Crippen LogP contribution in [-0.2, 0) is 21.4 Å². The van der Waals surface area contributed by atoms with Crippen LogP contribution in [0.4, 0.5) is 0 Å². The van der Waals surface area contributed by atoms with Crippen molar-refractivity contribution in [3.8, 4) is 11.5 Å². The van der Waals surface area contributed by atoms with Crippen molar-refractivity contribution in [2.75, 3.05) is 27.3 Å². The van der Waals surface area contributed by atoms with E-state index < -0.39 is 17.1 Å². The molecule has 4 atom stereocenters. The molecule has 2 aliphatic heterocycles. The van der Waals surface area contributed by atoms with Crippen molar-refractivity contribution in [2.24, 2.45) is 0 Å². The molecular formula is C27H29NO4. The number of likely N-dealkylation sites (tertiary alicyclic amines) is 1. The third kappa shape index (κ3) is 2.49. The monoisotopic (exact) mass is 431 g/mol. The molecule has 5 heteroatoms. The number of hydrogen-bond donors (Lipinski definition) is 0. The predicted molar refractivity (Wildman–Crippen MR) is 122 cm³/mol. The Bertz CT molecular complexity index is 1100. The zero-order chi connectivity index (χ0) is 21.9. The number of ketones is 1. The SMILES string of the molecule is COc1ccc2c3c1O[C@H]1C(=O)CC[C@@]4(OC/C=C/c5ccccc5)C(C2)N(C)CC[C@]314. The Morgan fingerprint density at radius 2 is 2.03 bits per heavy atom. The molecule has 0 radical (unpaired) electrons. The van der Waals surface area contributed by atoms with Crippen LogP contribution in [0, 0.1) is 0 Å². The summed E-state index contributed by atoms with van der Waals surface area (Å²) in [6, 6.07) is 14.6. The van der Waals surface area contributed by atoms with Crippen molar-refractivity contribution < 1.29 is 19.0 Å². The van der Waals surface area contributed by atoms with E-state index in [1.165, 1.54) is 11.1 Å². The molecule has 1 unspecified atom stereocenters. The lowest BCUT2D eigenvalue weighted by atomic mass is 9.49. The molecule has 2 aromatic rings. The van der Waals surface area contributed by atoms with Gasteiger partial charge in [0.1, 0.15) is 0 Å². The standard InChI is InChI=1S/C27H29NO4/c1-28-15-14-26-23-19-10-11-21(30-2)24(23)32-25(26)20(29)12-13-27(26,22(28)17-19)31-16-6-9-18-7-4-3-5-8-18/h3-11,22,25H,12-17H2,1-2H3/b9-6+/t22?,25-,26-,27+/m0/s1. The van der Waals surface area contributed by atoms with Crippen LogP contribution < -0.4 is 9.47 Å². The summed E-state index contributed by atoms with van der Waals surface area (Å²) in [5.41, 5.74) is 2.70. The van der Waals surface area contributed by atoms with Gasteiger partial charge >= 0.3 is 0 Å². The summed E-state index contributed by atoms with van der Waals surface area (Å²) in [5.74, 6) is 1.68. The fraction of sp³-hybridized carbons (Fsp3) is 0.444. The highest BCUT2D eigenvalue weighted by atomic mass is 16.5. The molecule has 166 valence electrons. The van der Waals surface area contributed by atoms with E-state index >= 15 is 0 Å². The number of carbonyl (C=O) groups is 1. The normalized spacial score (nSPS) is 32.6. The third-order valence-corrected chi connectivity index (χ3v) is 8.24. The smallest absolute Gasteiger partial charge is 0.174 e. The average Bonchev–Trinajstić information content (AvgIpc) is 3.18. The van der Waals surface area contributed by atoms with Crippen LogP contribution in [0.25, 0.3) is 6.08 Å². The number of rotatable bonds is 5. The molecule has 5 nitrogen and oxygen atoms in total. The molecule has 32 heavy (non-hydrogen) atoms. The summed E-state index contributed by atoms with van der Waals surface area (Å²) >= 11 is 0. The summed E-state index contributed by atoms with van der Waals surface area (Å²) in [6.07, 6.45) is 6.69. The second kappa shape index (κ2) is 7.19. The van der Waals surface area contributed by atoms with Crippen LogP contribution in [0.1, 0.15) is 36.0 Å². The molecule has 2 fully saturated rings. The largest absolute Gasteiger partial charge is 0.493 e. The number of Topliss-reactive ketones (excluding diaryl/α,β-unsaturated/α-hetero) is 1. The van der Waals surface area contributed by atoms with E-state index in [4.69, 9.17) is 14.2 Å². The Kier molecular flexibility index (Phi) is 4.50. The van der Waals surface area contributed by atoms with Gasteiger partial charge in [0.15, 0.2) is 23.4 Å². The summed E-state index contributed by atoms with van der Waals surface area (Å²) in [4.78, 5) is 15.6. The topological polar surface area (TPSA) is 48.0 Å². The van der Waals surface area contributed by atoms with E-state index in [1.54, 1.807) is 7.11 Å². The maximum atomic E-state index is 13.2. The first kappa shape index (κ1) is 20.0. The van der Waals surface area contributed by atoms with E-state index in [-0.39, 0.29) is 11.8 Å². The van der Waals surface area contributed by atoms with Gasteiger partial charge in [-0.2, -0.15) is 0 Å². The molecule has 0 N–H and O–H groups in total. The molecule has 2 heterocycles. The second-order valence-corrected chi connectivity index (χ2v) is 9.53. The Balaban J connectivity index is 1.45. The highest BCUT2D eigenvalue weighted by Gasteiger charge is 2.73. The third-order valence-electron chi connectivity index (χ3n) is 8.24. The van der Waals surface area contributed by atoms with E-state index in [9.17, 15) is 4.79 Å². The van der Waals surface area contributed by atoms with Gasteiger partial charge in [0.05, 0.1) is 24.7 Å². The summed E-state index contributed by atoms with van der Waals surface area (Å²) in [7, 11) is 3.86. The van der Waals surface area contributed by atoms with Gasteiger partial charge in [-0.1, -0.05) is 48.6 Å². The lowest BCUT2D eigenvalue weighted by Gasteiger charge is -2.63. The number of nitrogens with zero attached hydrogens (tertiary/aromatic N) is 1. The van der Waals surface area contributed by atoms with Crippen LogP contribution in [-0.4, -0.2) is 55.7 Å². The van der Waals surface area contributed by atoms with Crippen LogP contribution in [0.2, 0.25) is 0 Å². The number of benzene rings is 2. The van der Waals surface area contributed by atoms with Gasteiger partial charge in [-0.3, -0.25) is 4.79 Å². The van der Waals surface area contributed by atoms with Gasteiger partial charge < -0.3 is 19.1 Å². The first-order valence-electron chi connectivity index (χ1n) is 11.6. The van der Waals surface area contributed by atoms with Gasteiger partial charge in [0.2, 0.25) is 0 Å². The van der Waals surface area contributed by atoms with Crippen molar-refractivity contribution in [3.05, 3.63) is 65.2 Å². The molecule has 1 saturated heterocycles. The maximum absolute atomic E-state index is 13.2. The lowest BCUT2D eigenvalue weighted by Crippen LogP contribution is -2.77. The highest BCUT2D eigenvalue weighted by Crippen LogP contribution is 2.65. The van der Waals surface area contributed by atoms with Gasteiger partial charge in [0.25, 0.3) is 0 Å². The minimum absolute atomic E-state index is 0.193. The summed E-state index contributed by atoms with van der Waals surface area (Å²) in [6.45, 7) is 1.44. The lowest BCUT2D eigenvalue weighted by molar-refractivity contribution is -0.205. The first-order chi connectivity index (χ1) is 15.6. The van der Waals surface area contributed by atoms with Crippen LogP contribution in [0.5, 0.6) is 11.5 Å². The quantitative estimate of drug-likeness (QED) is 0.721. The van der Waals surface area contributed by atoms with Gasteiger partial charge in [-0.05, 0) is 50.0 Å². The van der Waals surface area contributed by atoms with E-state index in [1.807, 2.05) is 24.3 Å². The molecule has 0 aromatic heterocycles. The van der Waals surface area contributed by atoms with Crippen molar-refractivity contribution >= 4 is 11.9 Å². The minimum atomic E-state index is -0.490. The zero-order valence-electron chi connectivity index (χ0n) is 18.7. The fourth-order valence-corrected chi connectivity index (χ4v) is 6.90. The molecule has 2 bridgehead atoms. The summed E-state index contributed by atoms with van der Waals surface area (Å²) < 4.78 is 19.0. The van der Waals surface area contributed by atoms with Gasteiger partial charge in [-0.25, -0.2) is 0 Å². The van der Waals surface area contributed by atoms with Crippen molar-refractivity contribution in [1.29, 1.82) is 0 Å². The van der Waals surface area contributed by atoms with Crippen LogP contribution in [0.3, 0.4) is 0 Å². The Hall–Kier alpha value is -2.63. The van der Waals surface area contributed by atoms with Gasteiger partial charge in [0, 0.05) is 18.0 Å². The average molecular weight is 432 g/mol. The molecule has 6 rings (SSSR count). The predicted octanol–water partition coefficient (Wildman–Crippen LogP) is 3.79. The van der Waals surface area contributed by atoms with Crippen molar-refractivity contribution in [1.82, 2.24) is 4.90 Å². The fourth-order valence-electron chi connectivity index (χ4n) is 6.90. The molecule has 4 aliphatic rings. The maximum Gasteiger partial charge on any atom is 0.174 e. The minimum Gasteiger partial charge on any atom is -0.493 e. The number of hydrogen-bond acceptors (Lipinski definition) is 5. The number of piperidine rings is 1. The molecule has 1 saturated carbocycles. The van der Waals surface area contributed by atoms with Crippen molar-refractivity contribution in [3.63, 3.8) is 0 Å². The van der Waals surface area contributed by atoms with E-state index in [2.05, 4.69) is 42.3 Å². The number of methoxy groups -OCH3 is 1. The zero-order valence-corrected chi connectivity index (χ0v) is 18.7. The first-order valence-corrected chi connectivity index (χ1v) is 11.6. The molecule has 1 spiro atoms.